The highest BCUT2D eigenvalue weighted by Gasteiger charge is 2.03. The van der Waals surface area contributed by atoms with Gasteiger partial charge in [0.15, 0.2) is 0 Å². The number of allylic oxidation sites excluding steroid dienone is 16. The van der Waals surface area contributed by atoms with Crippen molar-refractivity contribution in [3.63, 3.8) is 0 Å². The Kier molecular flexibility index (Phi) is 17.0. The number of nitrogens with two attached hydrogens (primary N) is 2. The summed E-state index contributed by atoms with van der Waals surface area (Å²) >= 11 is 0. The molecule has 0 heterocycles. The van der Waals surface area contributed by atoms with Crippen LogP contribution >= 0.6 is 0 Å². The van der Waals surface area contributed by atoms with Gasteiger partial charge in [0.1, 0.15) is 0 Å². The van der Waals surface area contributed by atoms with E-state index in [1.54, 1.807) is 12.3 Å². The second-order valence-corrected chi connectivity index (χ2v) is 10.7. The summed E-state index contributed by atoms with van der Waals surface area (Å²) < 4.78 is 0. The molecule has 242 valence electrons. The fourth-order valence-electron chi connectivity index (χ4n) is 4.55. The van der Waals surface area contributed by atoms with Crippen LogP contribution in [0.5, 0.6) is 0 Å². The Labute approximate surface area is 283 Å². The molecular weight excluding hydrogens is 571 g/mol. The van der Waals surface area contributed by atoms with E-state index in [-0.39, 0.29) is 0 Å². The van der Waals surface area contributed by atoms with E-state index in [9.17, 15) is 0 Å². The third-order valence-electron chi connectivity index (χ3n) is 7.24. The minimum absolute atomic E-state index is 0.842. The molecule has 0 aliphatic carbocycles. The molecule has 0 bridgehead atoms. The van der Waals surface area contributed by atoms with E-state index in [1.165, 1.54) is 10.9 Å². The molecule has 0 saturated carbocycles. The number of hydrogen-bond acceptors (Lipinski definition) is 3. The highest BCUT2D eigenvalue weighted by molar-refractivity contribution is 5.92. The predicted molar refractivity (Wildman–Crippen MR) is 212 cm³/mol. The average molecular weight is 622 g/mol. The second-order valence-electron chi connectivity index (χ2n) is 10.7. The molecule has 0 unspecified atom stereocenters. The molecule has 3 nitrogen and oxygen atoms in total. The fraction of sp³-hybridized carbons (Fsp3) is 0.136. The van der Waals surface area contributed by atoms with Gasteiger partial charge in [0.2, 0.25) is 0 Å². The van der Waals surface area contributed by atoms with Crippen LogP contribution in [0.1, 0.15) is 43.9 Å². The van der Waals surface area contributed by atoms with Crippen LogP contribution < -0.4 is 16.8 Å². The second kappa shape index (κ2) is 21.2. The summed E-state index contributed by atoms with van der Waals surface area (Å²) in [6, 6.07) is 20.5. The standard InChI is InChI=1S/C34H42N2.C10H9N/c1-8-12-13-14-15-16-18-33(26-35)30(10-3)22-19-27(5)28(6)20-23-31-25-32(24-21-29(31)7)34(17-9-2)36-11-4;11-10-7-3-5-8-4-1-2-6-9(8)10/h8-10,12-14,16-26,36H,2,5-6,11,15,35H2,1,3-4,7H3;1-7H,11H2/b12-8-,14-13-,18-16-,22-19-,23-20-,30-10+,33-26+,34-17-;. The summed E-state index contributed by atoms with van der Waals surface area (Å²) in [6.07, 6.45) is 28.7. The normalized spacial score (nSPS) is 12.8. The first-order valence-corrected chi connectivity index (χ1v) is 16.0. The van der Waals surface area contributed by atoms with Gasteiger partial charge >= 0.3 is 0 Å². The fourth-order valence-corrected chi connectivity index (χ4v) is 4.55. The minimum Gasteiger partial charge on any atom is -0.404 e. The highest BCUT2D eigenvalue weighted by atomic mass is 14.9. The Hall–Kier alpha value is -5.54. The Morgan fingerprint density at radius 2 is 1.60 bits per heavy atom. The lowest BCUT2D eigenvalue weighted by Crippen LogP contribution is -2.11. The Morgan fingerprint density at radius 3 is 2.28 bits per heavy atom. The van der Waals surface area contributed by atoms with Crippen molar-refractivity contribution in [2.45, 2.75) is 34.1 Å². The number of aryl methyl sites for hydroxylation is 1. The van der Waals surface area contributed by atoms with Crippen LogP contribution in [0.15, 0.2) is 182 Å². The van der Waals surface area contributed by atoms with E-state index >= 15 is 0 Å². The van der Waals surface area contributed by atoms with E-state index in [4.69, 9.17) is 11.5 Å². The molecule has 5 N–H and O–H groups in total. The molecule has 0 saturated heterocycles. The van der Waals surface area contributed by atoms with Crippen molar-refractivity contribution in [2.75, 3.05) is 12.3 Å². The number of hydrogen-bond donors (Lipinski definition) is 3. The molecule has 3 heteroatoms. The number of nitrogens with one attached hydrogen (secondary N) is 1. The summed E-state index contributed by atoms with van der Waals surface area (Å²) in [6.45, 7) is 21.3. The SMILES string of the molecule is C=C/C=C(\NCC)c1ccc(C)c(/C=C\C(=C)C(=C)\C=C/C(=C\C)C(/C=C\C/C=C\C=C/C)=C/N)c1.Nc1cccc2ccccc12. The van der Waals surface area contributed by atoms with Crippen LogP contribution in [0.25, 0.3) is 22.5 Å². The van der Waals surface area contributed by atoms with Gasteiger partial charge in [-0.25, -0.2) is 0 Å². The van der Waals surface area contributed by atoms with Gasteiger partial charge in [0.05, 0.1) is 0 Å². The smallest absolute Gasteiger partial charge is 0.0413 e. The maximum absolute atomic E-state index is 5.89. The third-order valence-corrected chi connectivity index (χ3v) is 7.24. The molecule has 0 aromatic heterocycles. The minimum atomic E-state index is 0.842. The van der Waals surface area contributed by atoms with Crippen LogP contribution in [-0.4, -0.2) is 6.54 Å². The molecule has 0 fully saturated rings. The van der Waals surface area contributed by atoms with Gasteiger partial charge in [-0.05, 0) is 96.7 Å². The van der Waals surface area contributed by atoms with Gasteiger partial charge in [-0.2, -0.15) is 0 Å². The van der Waals surface area contributed by atoms with Crippen LogP contribution in [0.4, 0.5) is 5.69 Å². The summed E-state index contributed by atoms with van der Waals surface area (Å²) in [5.41, 5.74) is 20.7. The molecule has 0 spiro atoms. The van der Waals surface area contributed by atoms with Crippen molar-refractivity contribution >= 4 is 28.2 Å². The van der Waals surface area contributed by atoms with Gasteiger partial charge in [-0.15, -0.1) is 0 Å². The zero-order valence-electron chi connectivity index (χ0n) is 28.5. The van der Waals surface area contributed by atoms with Crippen molar-refractivity contribution in [1.29, 1.82) is 0 Å². The molecule has 0 aliphatic heterocycles. The number of rotatable bonds is 14. The van der Waals surface area contributed by atoms with Gasteiger partial charge in [0, 0.05) is 29.5 Å². The molecule has 0 atom stereocenters. The monoisotopic (exact) mass is 621 g/mol. The Bertz CT molecular complexity index is 1740. The zero-order valence-corrected chi connectivity index (χ0v) is 28.5. The zero-order chi connectivity index (χ0) is 34.4. The van der Waals surface area contributed by atoms with E-state index < -0.39 is 0 Å². The molecule has 0 radical (unpaired) electrons. The van der Waals surface area contributed by atoms with Gasteiger partial charge in [-0.1, -0.05) is 141 Å². The number of benzene rings is 3. The topological polar surface area (TPSA) is 64.1 Å². The molecule has 3 rings (SSSR count). The molecule has 3 aromatic carbocycles. The first-order valence-electron chi connectivity index (χ1n) is 16.0. The van der Waals surface area contributed by atoms with Gasteiger partial charge < -0.3 is 16.8 Å². The van der Waals surface area contributed by atoms with Crippen molar-refractivity contribution in [3.8, 4) is 0 Å². The van der Waals surface area contributed by atoms with Crippen LogP contribution in [0.3, 0.4) is 0 Å². The number of fused-ring (bicyclic) bond motifs is 1. The molecular formula is C44H51N3. The van der Waals surface area contributed by atoms with E-state index in [2.05, 4.69) is 87.5 Å². The summed E-state index contributed by atoms with van der Waals surface area (Å²) in [4.78, 5) is 0. The summed E-state index contributed by atoms with van der Waals surface area (Å²) in [5, 5.41) is 5.73. The van der Waals surface area contributed by atoms with Gasteiger partial charge in [0.25, 0.3) is 0 Å². The maximum Gasteiger partial charge on any atom is 0.0413 e. The van der Waals surface area contributed by atoms with Crippen LogP contribution in [0, 0.1) is 6.92 Å². The third kappa shape index (κ3) is 12.8. The van der Waals surface area contributed by atoms with E-state index in [1.807, 2.05) is 98.9 Å². The largest absolute Gasteiger partial charge is 0.404 e. The van der Waals surface area contributed by atoms with Crippen molar-refractivity contribution in [2.24, 2.45) is 5.73 Å². The molecule has 0 aliphatic rings. The lowest BCUT2D eigenvalue weighted by molar-refractivity contribution is 0.939. The lowest BCUT2D eigenvalue weighted by atomic mass is 9.99. The molecule has 0 amide bonds. The Morgan fingerprint density at radius 1 is 0.851 bits per heavy atom. The molecule has 47 heavy (non-hydrogen) atoms. The van der Waals surface area contributed by atoms with Crippen molar-refractivity contribution in [3.05, 3.63) is 198 Å². The lowest BCUT2D eigenvalue weighted by Gasteiger charge is -2.11. The average Bonchev–Trinajstić information content (AvgIpc) is 3.08. The van der Waals surface area contributed by atoms with Crippen LogP contribution in [-0.2, 0) is 0 Å². The summed E-state index contributed by atoms with van der Waals surface area (Å²) in [5.74, 6) is 0. The van der Waals surface area contributed by atoms with Crippen LogP contribution in [0.2, 0.25) is 0 Å². The quantitative estimate of drug-likeness (QED) is 0.124. The summed E-state index contributed by atoms with van der Waals surface area (Å²) in [7, 11) is 0. The molecule has 3 aromatic rings. The predicted octanol–water partition coefficient (Wildman–Crippen LogP) is 11.1. The van der Waals surface area contributed by atoms with Gasteiger partial charge in [-0.3, -0.25) is 0 Å². The van der Waals surface area contributed by atoms with Crippen molar-refractivity contribution < 1.29 is 0 Å². The van der Waals surface area contributed by atoms with E-state index in [0.717, 1.165) is 63.2 Å². The first-order chi connectivity index (χ1) is 22.8. The number of anilines is 1. The maximum atomic E-state index is 5.89. The van der Waals surface area contributed by atoms with E-state index in [0.29, 0.717) is 0 Å². The first kappa shape index (κ1) is 37.6. The number of nitrogen functional groups attached to an aromatic ring is 1. The Balaban J connectivity index is 0.000000577. The highest BCUT2D eigenvalue weighted by Crippen LogP contribution is 2.22. The van der Waals surface area contributed by atoms with Crippen molar-refractivity contribution in [1.82, 2.24) is 5.32 Å².